The first kappa shape index (κ1) is 25.5. The fourth-order valence-corrected chi connectivity index (χ4v) is 3.16. The zero-order chi connectivity index (χ0) is 21.9. The number of hydrogen-bond acceptors (Lipinski definition) is 4. The van der Waals surface area contributed by atoms with Gasteiger partial charge in [-0.2, -0.15) is 0 Å². The smallest absolute Gasteiger partial charge is 0.0679 e. The molecule has 6 heteroatoms. The van der Waals surface area contributed by atoms with E-state index >= 15 is 0 Å². The van der Waals surface area contributed by atoms with Crippen molar-refractivity contribution in [3.8, 4) is 0 Å². The molecular weight excluding hydrogens is 376 g/mol. The number of unbranched alkanes of at least 4 members (excludes halogenated alkanes) is 10. The lowest BCUT2D eigenvalue weighted by Crippen LogP contribution is -2.08. The summed E-state index contributed by atoms with van der Waals surface area (Å²) in [7, 11) is 0. The molecule has 0 spiro atoms. The van der Waals surface area contributed by atoms with Crippen molar-refractivity contribution >= 4 is 11.4 Å². The summed E-state index contributed by atoms with van der Waals surface area (Å²) < 4.78 is 0. The van der Waals surface area contributed by atoms with Gasteiger partial charge < -0.3 is 0 Å². The van der Waals surface area contributed by atoms with Crippen molar-refractivity contribution in [3.63, 3.8) is 0 Å². The average molecular weight is 415 g/mol. The van der Waals surface area contributed by atoms with Crippen molar-refractivity contribution in [1.29, 1.82) is 0 Å². The Morgan fingerprint density at radius 3 is 1.33 bits per heavy atom. The first-order chi connectivity index (χ1) is 14.8. The van der Waals surface area contributed by atoms with Crippen LogP contribution in [0.3, 0.4) is 0 Å². The molecule has 0 atom stereocenters. The maximum absolute atomic E-state index is 11.2. The molecule has 0 bridgehead atoms. The molecule has 0 aliphatic carbocycles. The van der Waals surface area contributed by atoms with Crippen molar-refractivity contribution in [2.45, 2.75) is 90.9 Å². The molecule has 0 amide bonds. The molecule has 0 aromatic heterocycles. The Balaban J connectivity index is 2.51. The van der Waals surface area contributed by atoms with Crippen molar-refractivity contribution in [3.05, 3.63) is 58.6 Å². The zero-order valence-corrected chi connectivity index (χ0v) is 18.7. The van der Waals surface area contributed by atoms with E-state index in [2.05, 4.69) is 24.4 Å². The van der Waals surface area contributed by atoms with Crippen LogP contribution in [-0.4, -0.2) is 0 Å². The molecule has 0 fully saturated rings. The predicted molar refractivity (Wildman–Crippen MR) is 128 cm³/mol. The molecule has 0 aliphatic rings. The summed E-state index contributed by atoms with van der Waals surface area (Å²) in [5.41, 5.74) is 1.31. The molecule has 30 heavy (non-hydrogen) atoms. The highest BCUT2D eigenvalue weighted by molar-refractivity contribution is 5.57. The van der Waals surface area contributed by atoms with Crippen LogP contribution in [0.4, 0.5) is 11.4 Å². The number of allylic oxidation sites excluding steroid dienone is 2. The topological polar surface area (TPSA) is 65.3 Å². The van der Waals surface area contributed by atoms with Gasteiger partial charge in [-0.15, -0.1) is 9.81 Å². The SMILES string of the molecule is CCCCCCCC=CN(N=O)c1ccc(N(C=CCCCCCCC)N=O)cc1. The molecule has 6 nitrogen and oxygen atoms in total. The molecule has 0 saturated heterocycles. The van der Waals surface area contributed by atoms with E-state index < -0.39 is 0 Å². The minimum Gasteiger partial charge on any atom is -0.205 e. The second kappa shape index (κ2) is 17.4. The Morgan fingerprint density at radius 1 is 0.633 bits per heavy atom. The maximum Gasteiger partial charge on any atom is 0.0679 e. The highest BCUT2D eigenvalue weighted by Gasteiger charge is 2.06. The van der Waals surface area contributed by atoms with Crippen LogP contribution in [0.5, 0.6) is 0 Å². The first-order valence-corrected chi connectivity index (χ1v) is 11.4. The summed E-state index contributed by atoms with van der Waals surface area (Å²) in [6.07, 6.45) is 21.4. The highest BCUT2D eigenvalue weighted by atomic mass is 16.3. The van der Waals surface area contributed by atoms with Crippen LogP contribution >= 0.6 is 0 Å². The van der Waals surface area contributed by atoms with E-state index in [0.717, 1.165) is 25.7 Å². The Morgan fingerprint density at radius 2 is 1.00 bits per heavy atom. The molecule has 0 heterocycles. The number of rotatable bonds is 18. The van der Waals surface area contributed by atoms with Crippen LogP contribution in [-0.2, 0) is 0 Å². The third kappa shape index (κ3) is 10.9. The van der Waals surface area contributed by atoms with Gasteiger partial charge in [0.25, 0.3) is 0 Å². The van der Waals surface area contributed by atoms with Crippen LogP contribution in [0.15, 0.2) is 59.4 Å². The van der Waals surface area contributed by atoms with Gasteiger partial charge >= 0.3 is 0 Å². The third-order valence-corrected chi connectivity index (χ3v) is 5.00. The van der Waals surface area contributed by atoms with Gasteiger partial charge in [0.05, 0.1) is 21.9 Å². The predicted octanol–water partition coefficient (Wildman–Crippen LogP) is 8.41. The minimum absolute atomic E-state index is 0.654. The molecule has 0 N–H and O–H groups in total. The van der Waals surface area contributed by atoms with Crippen LogP contribution in [0.2, 0.25) is 0 Å². The van der Waals surface area contributed by atoms with Crippen LogP contribution in [0.25, 0.3) is 0 Å². The fourth-order valence-electron chi connectivity index (χ4n) is 3.16. The fraction of sp³-hybridized carbons (Fsp3) is 0.583. The number of hydrogen-bond donors (Lipinski definition) is 0. The van der Waals surface area contributed by atoms with Gasteiger partial charge in [0.2, 0.25) is 0 Å². The van der Waals surface area contributed by atoms with E-state index in [0.29, 0.717) is 11.4 Å². The number of anilines is 2. The molecule has 1 aromatic rings. The zero-order valence-electron chi connectivity index (χ0n) is 18.7. The van der Waals surface area contributed by atoms with Crippen molar-refractivity contribution < 1.29 is 0 Å². The van der Waals surface area contributed by atoms with Gasteiger partial charge in [0.1, 0.15) is 0 Å². The summed E-state index contributed by atoms with van der Waals surface area (Å²) >= 11 is 0. The van der Waals surface area contributed by atoms with Crippen molar-refractivity contribution in [2.75, 3.05) is 10.0 Å². The molecule has 0 aliphatic heterocycles. The van der Waals surface area contributed by atoms with Gasteiger partial charge in [-0.25, -0.2) is 10.0 Å². The van der Waals surface area contributed by atoms with E-state index in [4.69, 9.17) is 0 Å². The number of nitrogens with zero attached hydrogens (tertiary/aromatic N) is 4. The van der Waals surface area contributed by atoms with Gasteiger partial charge in [-0.3, -0.25) is 0 Å². The normalized spacial score (nSPS) is 11.3. The second-order valence-corrected chi connectivity index (χ2v) is 7.54. The summed E-state index contributed by atoms with van der Waals surface area (Å²) in [4.78, 5) is 22.4. The maximum atomic E-state index is 11.2. The van der Waals surface area contributed by atoms with Crippen molar-refractivity contribution in [1.82, 2.24) is 0 Å². The number of benzene rings is 1. The largest absolute Gasteiger partial charge is 0.205 e. The van der Waals surface area contributed by atoms with Gasteiger partial charge in [0, 0.05) is 12.4 Å². The number of nitroso groups, excluding NO2 is 2. The van der Waals surface area contributed by atoms with E-state index in [1.54, 1.807) is 36.7 Å². The first-order valence-electron chi connectivity index (χ1n) is 11.4. The lowest BCUT2D eigenvalue weighted by Gasteiger charge is -2.13. The van der Waals surface area contributed by atoms with E-state index in [1.807, 2.05) is 12.2 Å². The summed E-state index contributed by atoms with van der Waals surface area (Å²) in [6, 6.07) is 7.05. The molecule has 0 radical (unpaired) electrons. The Bertz CT molecular complexity index is 574. The van der Waals surface area contributed by atoms with Gasteiger partial charge in [-0.1, -0.05) is 77.4 Å². The molecule has 1 aromatic carbocycles. The lowest BCUT2D eigenvalue weighted by molar-refractivity contribution is 0.637. The van der Waals surface area contributed by atoms with Crippen LogP contribution < -0.4 is 10.0 Å². The van der Waals surface area contributed by atoms with E-state index in [9.17, 15) is 9.81 Å². The Hall–Kier alpha value is -2.50. The van der Waals surface area contributed by atoms with E-state index in [1.165, 1.54) is 61.4 Å². The molecular formula is C24H38N4O2. The Labute approximate surface area is 181 Å². The van der Waals surface area contributed by atoms with Crippen molar-refractivity contribution in [2.24, 2.45) is 10.6 Å². The molecule has 0 saturated carbocycles. The summed E-state index contributed by atoms with van der Waals surface area (Å²) in [5.74, 6) is 0. The van der Waals surface area contributed by atoms with Crippen LogP contribution in [0.1, 0.15) is 90.9 Å². The van der Waals surface area contributed by atoms with Crippen LogP contribution in [0, 0.1) is 9.81 Å². The lowest BCUT2D eigenvalue weighted by atomic mass is 10.1. The monoisotopic (exact) mass is 414 g/mol. The Kier molecular flexibility index (Phi) is 14.8. The highest BCUT2D eigenvalue weighted by Crippen LogP contribution is 2.22. The minimum atomic E-state index is 0.654. The molecule has 1 rings (SSSR count). The second-order valence-electron chi connectivity index (χ2n) is 7.54. The average Bonchev–Trinajstić information content (AvgIpc) is 2.78. The quantitative estimate of drug-likeness (QED) is 0.137. The molecule has 166 valence electrons. The van der Waals surface area contributed by atoms with Gasteiger partial charge in [0.15, 0.2) is 0 Å². The van der Waals surface area contributed by atoms with E-state index in [-0.39, 0.29) is 0 Å². The third-order valence-electron chi connectivity index (χ3n) is 5.00. The molecule has 0 unspecified atom stereocenters. The summed E-state index contributed by atoms with van der Waals surface area (Å²) in [6.45, 7) is 4.41. The van der Waals surface area contributed by atoms with Gasteiger partial charge in [-0.05, 0) is 49.9 Å². The summed E-state index contributed by atoms with van der Waals surface area (Å²) in [5, 5.41) is 8.76. The standard InChI is InChI=1S/C24H38N4O2/c1-3-5-7-9-11-13-15-21-27(25-29)23-17-19-24(20-18-23)28(26-30)22-16-14-12-10-8-6-4-2/h15-22H,3-14H2,1-2H3.